The van der Waals surface area contributed by atoms with Crippen molar-refractivity contribution >= 4 is 40.4 Å². The molecule has 2 rings (SSSR count). The Morgan fingerprint density at radius 1 is 1.32 bits per heavy atom. The number of halogens is 1. The van der Waals surface area contributed by atoms with Gasteiger partial charge >= 0.3 is 5.97 Å². The summed E-state index contributed by atoms with van der Waals surface area (Å²) >= 11 is 2.11. The van der Waals surface area contributed by atoms with Crippen molar-refractivity contribution in [3.63, 3.8) is 0 Å². The molecule has 0 aliphatic carbocycles. The van der Waals surface area contributed by atoms with Crippen molar-refractivity contribution in [3.8, 4) is 0 Å². The standard InChI is InChI=1S/C18H23IN2O4/c1-3-25-18(24)13-7-6-10-21(11-13)16(22)12-20(2)17(23)14-8-4-5-9-15(14)19/h4-5,8-9,13H,3,6-7,10-12H2,1-2H3. The second-order valence-corrected chi connectivity index (χ2v) is 7.23. The molecule has 25 heavy (non-hydrogen) atoms. The van der Waals surface area contributed by atoms with E-state index >= 15 is 0 Å². The highest BCUT2D eigenvalue weighted by Crippen LogP contribution is 2.19. The first kappa shape index (κ1) is 19.7. The number of ether oxygens (including phenoxy) is 1. The number of carbonyl (C=O) groups is 3. The molecule has 0 aromatic heterocycles. The molecule has 136 valence electrons. The lowest BCUT2D eigenvalue weighted by molar-refractivity contribution is -0.151. The molecule has 6 nitrogen and oxygen atoms in total. The maximum Gasteiger partial charge on any atom is 0.310 e. The highest BCUT2D eigenvalue weighted by atomic mass is 127. The van der Waals surface area contributed by atoms with E-state index in [2.05, 4.69) is 22.6 Å². The topological polar surface area (TPSA) is 66.9 Å². The predicted molar refractivity (Wildman–Crippen MR) is 102 cm³/mol. The summed E-state index contributed by atoms with van der Waals surface area (Å²) in [4.78, 5) is 40.0. The third-order valence-electron chi connectivity index (χ3n) is 4.22. The number of rotatable bonds is 5. The van der Waals surface area contributed by atoms with Crippen molar-refractivity contribution in [1.29, 1.82) is 0 Å². The zero-order valence-corrected chi connectivity index (χ0v) is 16.7. The molecule has 1 aliphatic rings. The van der Waals surface area contributed by atoms with Crippen LogP contribution in [0.4, 0.5) is 0 Å². The van der Waals surface area contributed by atoms with Crippen LogP contribution in [0.5, 0.6) is 0 Å². The SMILES string of the molecule is CCOC(=O)C1CCCN(C(=O)CN(C)C(=O)c2ccccc2I)C1. The minimum absolute atomic E-state index is 0.000642. The number of hydrogen-bond donors (Lipinski definition) is 0. The lowest BCUT2D eigenvalue weighted by atomic mass is 9.98. The first-order valence-corrected chi connectivity index (χ1v) is 9.46. The van der Waals surface area contributed by atoms with Gasteiger partial charge in [0.25, 0.3) is 5.91 Å². The first-order valence-electron chi connectivity index (χ1n) is 8.38. The summed E-state index contributed by atoms with van der Waals surface area (Å²) in [5.41, 5.74) is 0.585. The molecule has 1 aromatic carbocycles. The maximum absolute atomic E-state index is 12.5. The van der Waals surface area contributed by atoms with E-state index in [1.807, 2.05) is 12.1 Å². The minimum atomic E-state index is -0.270. The second kappa shape index (κ2) is 9.17. The van der Waals surface area contributed by atoms with Gasteiger partial charge in [-0.3, -0.25) is 14.4 Å². The van der Waals surface area contributed by atoms with Crippen molar-refractivity contribution in [2.75, 3.05) is 33.3 Å². The third kappa shape index (κ3) is 5.17. The second-order valence-electron chi connectivity index (χ2n) is 6.07. The quantitative estimate of drug-likeness (QED) is 0.501. The van der Waals surface area contributed by atoms with Crippen LogP contribution in [-0.2, 0) is 14.3 Å². The summed E-state index contributed by atoms with van der Waals surface area (Å²) in [7, 11) is 1.62. The summed E-state index contributed by atoms with van der Waals surface area (Å²) in [6.45, 7) is 3.09. The molecule has 1 aliphatic heterocycles. The summed E-state index contributed by atoms with van der Waals surface area (Å²) < 4.78 is 5.91. The highest BCUT2D eigenvalue weighted by molar-refractivity contribution is 14.1. The van der Waals surface area contributed by atoms with Crippen LogP contribution in [0.1, 0.15) is 30.1 Å². The smallest absolute Gasteiger partial charge is 0.310 e. The zero-order chi connectivity index (χ0) is 18.4. The molecule has 1 fully saturated rings. The van der Waals surface area contributed by atoms with Crippen LogP contribution in [0, 0.1) is 9.49 Å². The van der Waals surface area contributed by atoms with E-state index in [1.165, 1.54) is 4.90 Å². The van der Waals surface area contributed by atoms with Gasteiger partial charge in [-0.25, -0.2) is 0 Å². The molecule has 0 N–H and O–H groups in total. The number of carbonyl (C=O) groups excluding carboxylic acids is 3. The Kier molecular flexibility index (Phi) is 7.22. The van der Waals surface area contributed by atoms with Gasteiger partial charge < -0.3 is 14.5 Å². The molecule has 2 amide bonds. The highest BCUT2D eigenvalue weighted by Gasteiger charge is 2.30. The van der Waals surface area contributed by atoms with Gasteiger partial charge in [-0.1, -0.05) is 12.1 Å². The van der Waals surface area contributed by atoms with Crippen molar-refractivity contribution in [2.24, 2.45) is 5.92 Å². The lowest BCUT2D eigenvalue weighted by Gasteiger charge is -2.32. The van der Waals surface area contributed by atoms with Crippen molar-refractivity contribution in [3.05, 3.63) is 33.4 Å². The molecule has 1 unspecified atom stereocenters. The molecular formula is C18H23IN2O4. The van der Waals surface area contributed by atoms with E-state index in [9.17, 15) is 14.4 Å². The predicted octanol–water partition coefficient (Wildman–Crippen LogP) is 2.16. The summed E-state index contributed by atoms with van der Waals surface area (Å²) in [6.07, 6.45) is 1.50. The average molecular weight is 458 g/mol. The monoisotopic (exact) mass is 458 g/mol. The van der Waals surface area contributed by atoms with Crippen LogP contribution in [0.2, 0.25) is 0 Å². The molecule has 1 aromatic rings. The van der Waals surface area contributed by atoms with E-state index < -0.39 is 0 Å². The normalized spacial score (nSPS) is 17.1. The fourth-order valence-electron chi connectivity index (χ4n) is 2.87. The van der Waals surface area contributed by atoms with Crippen molar-refractivity contribution in [2.45, 2.75) is 19.8 Å². The van der Waals surface area contributed by atoms with Crippen molar-refractivity contribution < 1.29 is 19.1 Å². The fourth-order valence-corrected chi connectivity index (χ4v) is 3.49. The molecule has 1 atom stereocenters. The van der Waals surface area contributed by atoms with Gasteiger partial charge in [-0.2, -0.15) is 0 Å². The van der Waals surface area contributed by atoms with Gasteiger partial charge in [0.15, 0.2) is 0 Å². The number of likely N-dealkylation sites (tertiary alicyclic amines) is 1. The average Bonchev–Trinajstić information content (AvgIpc) is 2.61. The van der Waals surface area contributed by atoms with Crippen LogP contribution in [0.3, 0.4) is 0 Å². The molecule has 1 saturated heterocycles. The Morgan fingerprint density at radius 2 is 2.04 bits per heavy atom. The Morgan fingerprint density at radius 3 is 2.72 bits per heavy atom. The van der Waals surface area contributed by atoms with Gasteiger partial charge in [0.2, 0.25) is 5.91 Å². The van der Waals surface area contributed by atoms with Crippen LogP contribution in [0.25, 0.3) is 0 Å². The number of amides is 2. The fraction of sp³-hybridized carbons (Fsp3) is 0.500. The van der Waals surface area contributed by atoms with Gasteiger partial charge in [0.05, 0.1) is 24.6 Å². The number of piperidine rings is 1. The number of benzene rings is 1. The number of esters is 1. The number of hydrogen-bond acceptors (Lipinski definition) is 4. The Labute approximate surface area is 161 Å². The van der Waals surface area contributed by atoms with Crippen LogP contribution in [-0.4, -0.2) is 60.9 Å². The van der Waals surface area contributed by atoms with E-state index in [0.29, 0.717) is 25.3 Å². The largest absolute Gasteiger partial charge is 0.466 e. The Balaban J connectivity index is 1.95. The lowest BCUT2D eigenvalue weighted by Crippen LogP contribution is -2.47. The summed E-state index contributed by atoms with van der Waals surface area (Å²) in [5, 5.41) is 0. The van der Waals surface area contributed by atoms with Crippen LogP contribution >= 0.6 is 22.6 Å². The van der Waals surface area contributed by atoms with E-state index in [4.69, 9.17) is 4.74 Å². The molecule has 0 radical (unpaired) electrons. The van der Waals surface area contributed by atoms with Gasteiger partial charge in [0.1, 0.15) is 0 Å². The zero-order valence-electron chi connectivity index (χ0n) is 14.5. The van der Waals surface area contributed by atoms with Crippen LogP contribution < -0.4 is 0 Å². The summed E-state index contributed by atoms with van der Waals surface area (Å²) in [6, 6.07) is 7.29. The molecule has 0 bridgehead atoms. The van der Waals surface area contributed by atoms with Crippen molar-refractivity contribution in [1.82, 2.24) is 9.80 Å². The molecule has 0 spiro atoms. The van der Waals surface area contributed by atoms with Gasteiger partial charge in [0, 0.05) is 23.7 Å². The molecule has 0 saturated carbocycles. The summed E-state index contributed by atoms with van der Waals surface area (Å²) in [5.74, 6) is -0.843. The number of likely N-dealkylation sites (N-methyl/N-ethyl adjacent to an activating group) is 1. The molecule has 1 heterocycles. The van der Waals surface area contributed by atoms with Gasteiger partial charge in [-0.15, -0.1) is 0 Å². The van der Waals surface area contributed by atoms with Gasteiger partial charge in [-0.05, 0) is 54.5 Å². The third-order valence-corrected chi connectivity index (χ3v) is 5.16. The molecule has 7 heteroatoms. The number of nitrogens with zero attached hydrogens (tertiary/aromatic N) is 2. The molecular weight excluding hydrogens is 435 g/mol. The Bertz CT molecular complexity index is 650. The van der Waals surface area contributed by atoms with E-state index in [0.717, 1.165) is 16.4 Å². The minimum Gasteiger partial charge on any atom is -0.466 e. The van der Waals surface area contributed by atoms with E-state index in [1.54, 1.807) is 31.0 Å². The Hall–Kier alpha value is -1.64. The first-order chi connectivity index (χ1) is 11.9. The van der Waals surface area contributed by atoms with E-state index in [-0.39, 0.29) is 30.2 Å². The maximum atomic E-state index is 12.5. The van der Waals surface area contributed by atoms with Crippen LogP contribution in [0.15, 0.2) is 24.3 Å².